The highest BCUT2D eigenvalue weighted by molar-refractivity contribution is 5.95. The van der Waals surface area contributed by atoms with Gasteiger partial charge in [-0.05, 0) is 52.2 Å². The molecule has 0 unspecified atom stereocenters. The molecule has 0 saturated carbocycles. The van der Waals surface area contributed by atoms with Gasteiger partial charge in [0.2, 0.25) is 5.91 Å². The van der Waals surface area contributed by atoms with E-state index in [1.54, 1.807) is 18.2 Å². The van der Waals surface area contributed by atoms with Crippen LogP contribution in [0.2, 0.25) is 0 Å². The average Bonchev–Trinajstić information content (AvgIpc) is 2.79. The molecule has 0 aromatic heterocycles. The van der Waals surface area contributed by atoms with Crippen LogP contribution in [0.1, 0.15) is 11.1 Å². The molecule has 3 N–H and O–H groups in total. The number of carbonyl (C=O) groups excluding carboxylic acids is 1. The second kappa shape index (κ2) is 9.66. The zero-order chi connectivity index (χ0) is 22.5. The summed E-state index contributed by atoms with van der Waals surface area (Å²) in [5, 5.41) is 5.24. The van der Waals surface area contributed by atoms with E-state index in [-0.39, 0.29) is 11.7 Å². The first-order chi connectivity index (χ1) is 15.5. The molecule has 0 aliphatic carbocycles. The number of anilines is 1. The Morgan fingerprint density at radius 3 is 2.34 bits per heavy atom. The highest BCUT2D eigenvalue weighted by Gasteiger charge is 2.19. The smallest absolute Gasteiger partial charge is 0.246 e. The molecule has 1 amide bonds. The van der Waals surface area contributed by atoms with Crippen LogP contribution in [0.25, 0.3) is 16.8 Å². The molecule has 0 radical (unpaired) electrons. The highest BCUT2D eigenvalue weighted by atomic mass is 19.1. The largest absolute Gasteiger partial charge is 0.386 e. The second-order valence-electron chi connectivity index (χ2n) is 8.00. The average molecular weight is 431 g/mol. The van der Waals surface area contributed by atoms with Crippen LogP contribution in [0.4, 0.5) is 10.1 Å². The van der Waals surface area contributed by atoms with Crippen LogP contribution in [0.15, 0.2) is 79.1 Å². The molecule has 1 saturated heterocycles. The molecular weight excluding hydrogens is 403 g/mol. The van der Waals surface area contributed by atoms with Crippen molar-refractivity contribution in [1.82, 2.24) is 9.80 Å². The van der Waals surface area contributed by atoms with Gasteiger partial charge in [-0.2, -0.15) is 0 Å². The molecule has 3 aromatic rings. The quantitative estimate of drug-likeness (QED) is 0.576. The fraction of sp³-hybridized carbons (Fsp3) is 0.192. The summed E-state index contributed by atoms with van der Waals surface area (Å²) in [5.41, 5.74) is 8.51. The number of carbonyl (C=O) groups is 1. The van der Waals surface area contributed by atoms with Crippen molar-refractivity contribution in [3.63, 3.8) is 0 Å². The van der Waals surface area contributed by atoms with Crippen molar-refractivity contribution in [2.45, 2.75) is 6.54 Å². The predicted molar refractivity (Wildman–Crippen MR) is 128 cm³/mol. The Kier molecular flexibility index (Phi) is 6.52. The van der Waals surface area contributed by atoms with Gasteiger partial charge in [-0.3, -0.25) is 9.69 Å². The minimum absolute atomic E-state index is 0.0166. The molecule has 6 heteroatoms. The lowest BCUT2D eigenvalue weighted by atomic mass is 10.0. The van der Waals surface area contributed by atoms with E-state index < -0.39 is 0 Å². The molecule has 1 aliphatic rings. The SMILES string of the molecule is C=C(N)Nc1cc2ccccc2cc1/C=C/C(=O)N1CCN(Cc2ccc(F)cc2)CC1. The van der Waals surface area contributed by atoms with Gasteiger partial charge in [-0.1, -0.05) is 43.0 Å². The van der Waals surface area contributed by atoms with Crippen LogP contribution in [0, 0.1) is 5.82 Å². The zero-order valence-corrected chi connectivity index (χ0v) is 17.9. The number of halogens is 1. The van der Waals surface area contributed by atoms with Crippen LogP contribution in [0.3, 0.4) is 0 Å². The first-order valence-corrected chi connectivity index (χ1v) is 10.7. The predicted octanol–water partition coefficient (Wildman–Crippen LogP) is 4.18. The number of benzene rings is 3. The van der Waals surface area contributed by atoms with Crippen LogP contribution in [0.5, 0.6) is 0 Å². The van der Waals surface area contributed by atoms with Gasteiger partial charge in [0.25, 0.3) is 0 Å². The maximum atomic E-state index is 13.1. The molecular formula is C26H27FN4O. The number of rotatable bonds is 6. The molecule has 0 spiro atoms. The normalized spacial score (nSPS) is 14.7. The molecule has 1 fully saturated rings. The van der Waals surface area contributed by atoms with Crippen LogP contribution in [-0.4, -0.2) is 41.9 Å². The fourth-order valence-electron chi connectivity index (χ4n) is 3.92. The van der Waals surface area contributed by atoms with Gasteiger partial charge in [0.15, 0.2) is 0 Å². The van der Waals surface area contributed by atoms with E-state index in [2.05, 4.69) is 16.8 Å². The Hall–Kier alpha value is -3.64. The summed E-state index contributed by atoms with van der Waals surface area (Å²) >= 11 is 0. The Bertz CT molecular complexity index is 1150. The number of hydrogen-bond donors (Lipinski definition) is 2. The van der Waals surface area contributed by atoms with Gasteiger partial charge >= 0.3 is 0 Å². The highest BCUT2D eigenvalue weighted by Crippen LogP contribution is 2.26. The van der Waals surface area contributed by atoms with Gasteiger partial charge in [-0.15, -0.1) is 0 Å². The number of nitrogens with two attached hydrogens (primary N) is 1. The minimum Gasteiger partial charge on any atom is -0.386 e. The zero-order valence-electron chi connectivity index (χ0n) is 17.9. The first kappa shape index (κ1) is 21.6. The summed E-state index contributed by atoms with van der Waals surface area (Å²) in [6, 6.07) is 18.7. The number of nitrogens with one attached hydrogen (secondary N) is 1. The first-order valence-electron chi connectivity index (χ1n) is 10.7. The molecule has 5 nitrogen and oxygen atoms in total. The summed E-state index contributed by atoms with van der Waals surface area (Å²) in [6.07, 6.45) is 3.44. The number of piperazine rings is 1. The third kappa shape index (κ3) is 5.34. The molecule has 0 atom stereocenters. The second-order valence-corrected chi connectivity index (χ2v) is 8.00. The fourth-order valence-corrected chi connectivity index (χ4v) is 3.92. The van der Waals surface area contributed by atoms with E-state index in [1.807, 2.05) is 47.4 Å². The lowest BCUT2D eigenvalue weighted by Gasteiger charge is -2.34. The van der Waals surface area contributed by atoms with Crippen molar-refractivity contribution in [1.29, 1.82) is 0 Å². The molecule has 1 heterocycles. The van der Waals surface area contributed by atoms with Gasteiger partial charge in [0.05, 0.1) is 5.82 Å². The van der Waals surface area contributed by atoms with Crippen molar-refractivity contribution in [3.05, 3.63) is 96.1 Å². The van der Waals surface area contributed by atoms with E-state index in [9.17, 15) is 9.18 Å². The van der Waals surface area contributed by atoms with Crippen molar-refractivity contribution >= 4 is 28.4 Å². The van der Waals surface area contributed by atoms with Gasteiger partial charge < -0.3 is 16.0 Å². The van der Waals surface area contributed by atoms with E-state index >= 15 is 0 Å². The van der Waals surface area contributed by atoms with Crippen molar-refractivity contribution in [2.75, 3.05) is 31.5 Å². The summed E-state index contributed by atoms with van der Waals surface area (Å²) in [7, 11) is 0. The van der Waals surface area contributed by atoms with Crippen molar-refractivity contribution in [3.8, 4) is 0 Å². The molecule has 4 rings (SSSR count). The van der Waals surface area contributed by atoms with Gasteiger partial charge in [0.1, 0.15) is 5.82 Å². The molecule has 0 bridgehead atoms. The molecule has 32 heavy (non-hydrogen) atoms. The lowest BCUT2D eigenvalue weighted by molar-refractivity contribution is -0.127. The Morgan fingerprint density at radius 2 is 1.69 bits per heavy atom. The summed E-state index contributed by atoms with van der Waals surface area (Å²) < 4.78 is 13.1. The summed E-state index contributed by atoms with van der Waals surface area (Å²) in [5.74, 6) is 0.104. The number of nitrogens with zero attached hydrogens (tertiary/aromatic N) is 2. The summed E-state index contributed by atoms with van der Waals surface area (Å²) in [6.45, 7) is 7.37. The minimum atomic E-state index is -0.225. The number of amides is 1. The van der Waals surface area contributed by atoms with Crippen LogP contribution in [-0.2, 0) is 11.3 Å². The molecule has 3 aromatic carbocycles. The Morgan fingerprint density at radius 1 is 1.03 bits per heavy atom. The number of fused-ring (bicyclic) bond motifs is 1. The maximum absolute atomic E-state index is 13.1. The topological polar surface area (TPSA) is 61.6 Å². The Balaban J connectivity index is 1.40. The molecule has 1 aliphatic heterocycles. The van der Waals surface area contributed by atoms with E-state index in [1.165, 1.54) is 12.1 Å². The van der Waals surface area contributed by atoms with Crippen molar-refractivity contribution < 1.29 is 9.18 Å². The summed E-state index contributed by atoms with van der Waals surface area (Å²) in [4.78, 5) is 16.9. The molecule has 164 valence electrons. The van der Waals surface area contributed by atoms with Crippen LogP contribution >= 0.6 is 0 Å². The van der Waals surface area contributed by atoms with E-state index in [0.717, 1.165) is 47.2 Å². The Labute approximate surface area is 187 Å². The standard InChI is InChI=1S/C26H27FN4O/c1-19(28)29-25-17-22-5-3-2-4-21(22)16-23(25)8-11-26(32)31-14-12-30(13-15-31)18-20-6-9-24(27)10-7-20/h2-11,16-17,29H,1,12-15,18,28H2/b11-8+. The van der Waals surface area contributed by atoms with E-state index in [0.29, 0.717) is 18.9 Å². The van der Waals surface area contributed by atoms with Crippen LogP contribution < -0.4 is 11.1 Å². The van der Waals surface area contributed by atoms with Gasteiger partial charge in [0, 0.05) is 44.5 Å². The monoisotopic (exact) mass is 430 g/mol. The lowest BCUT2D eigenvalue weighted by Crippen LogP contribution is -2.47. The third-order valence-corrected chi connectivity index (χ3v) is 5.62. The van der Waals surface area contributed by atoms with Gasteiger partial charge in [-0.25, -0.2) is 4.39 Å². The van der Waals surface area contributed by atoms with E-state index in [4.69, 9.17) is 5.73 Å². The maximum Gasteiger partial charge on any atom is 0.246 e. The third-order valence-electron chi connectivity index (χ3n) is 5.62. The number of hydrogen-bond acceptors (Lipinski definition) is 4. The van der Waals surface area contributed by atoms with Crippen molar-refractivity contribution in [2.24, 2.45) is 5.73 Å².